The molecular formula is C13H16N2O2S. The van der Waals surface area contributed by atoms with Crippen LogP contribution in [0.25, 0.3) is 0 Å². The lowest BCUT2D eigenvalue weighted by atomic mass is 10.1. The third-order valence-electron chi connectivity index (χ3n) is 2.95. The number of ether oxygens (including phenoxy) is 1. The van der Waals surface area contributed by atoms with Crippen molar-refractivity contribution in [3.8, 4) is 6.07 Å². The number of rotatable bonds is 5. The minimum absolute atomic E-state index is 0.201. The number of hydrogen-bond acceptors (Lipinski definition) is 5. The van der Waals surface area contributed by atoms with Gasteiger partial charge in [0.2, 0.25) is 0 Å². The van der Waals surface area contributed by atoms with E-state index in [1.165, 1.54) is 10.4 Å². The number of carbonyl (C=O) groups is 1. The molecule has 4 nitrogen and oxygen atoms in total. The fraction of sp³-hybridized carbons (Fsp3) is 0.538. The van der Waals surface area contributed by atoms with Gasteiger partial charge in [0.1, 0.15) is 11.1 Å². The third kappa shape index (κ3) is 2.65. The molecule has 18 heavy (non-hydrogen) atoms. The molecule has 1 aromatic rings. The van der Waals surface area contributed by atoms with Gasteiger partial charge >= 0.3 is 5.97 Å². The number of carbonyl (C=O) groups excluding carboxylic acids is 1. The van der Waals surface area contributed by atoms with Crippen LogP contribution in [0.1, 0.15) is 35.8 Å². The smallest absolute Gasteiger partial charge is 0.307 e. The molecule has 5 heteroatoms. The van der Waals surface area contributed by atoms with E-state index in [-0.39, 0.29) is 5.97 Å². The van der Waals surface area contributed by atoms with Gasteiger partial charge in [0.25, 0.3) is 0 Å². The fourth-order valence-electron chi connectivity index (χ4n) is 2.16. The standard InChI is InChI=1S/C13H16N2O2S/c1-2-17-12(16)6-7-15-13-10(8-14)9-4-3-5-11(9)18-13/h15H,2-7H2,1H3. The number of fused-ring (bicyclic) bond motifs is 1. The van der Waals surface area contributed by atoms with Gasteiger partial charge < -0.3 is 10.1 Å². The molecule has 0 spiro atoms. The van der Waals surface area contributed by atoms with Gasteiger partial charge in [0.05, 0.1) is 18.6 Å². The SMILES string of the molecule is CCOC(=O)CCNc1sc2c(c1C#N)CCC2. The molecule has 1 heterocycles. The number of esters is 1. The van der Waals surface area contributed by atoms with Crippen molar-refractivity contribution in [2.45, 2.75) is 32.6 Å². The van der Waals surface area contributed by atoms with Crippen LogP contribution in [0.4, 0.5) is 5.00 Å². The van der Waals surface area contributed by atoms with Crippen molar-refractivity contribution in [3.63, 3.8) is 0 Å². The van der Waals surface area contributed by atoms with Gasteiger partial charge in [0, 0.05) is 11.4 Å². The molecule has 0 radical (unpaired) electrons. The van der Waals surface area contributed by atoms with Crippen LogP contribution < -0.4 is 5.32 Å². The molecule has 0 atom stereocenters. The Labute approximate surface area is 111 Å². The second-order valence-electron chi connectivity index (χ2n) is 4.16. The summed E-state index contributed by atoms with van der Waals surface area (Å²) in [6, 6.07) is 2.27. The first-order valence-electron chi connectivity index (χ1n) is 6.20. The molecule has 96 valence electrons. The van der Waals surface area contributed by atoms with E-state index in [4.69, 9.17) is 4.74 Å². The Balaban J connectivity index is 1.94. The Hall–Kier alpha value is -1.54. The minimum Gasteiger partial charge on any atom is -0.466 e. The Bertz CT molecular complexity index is 488. The molecule has 0 aliphatic heterocycles. The van der Waals surface area contributed by atoms with Crippen LogP contribution in [-0.2, 0) is 22.4 Å². The van der Waals surface area contributed by atoms with E-state index in [0.29, 0.717) is 19.6 Å². The number of nitriles is 1. The molecular weight excluding hydrogens is 248 g/mol. The number of nitrogens with zero attached hydrogens (tertiary/aromatic N) is 1. The highest BCUT2D eigenvalue weighted by molar-refractivity contribution is 7.16. The summed E-state index contributed by atoms with van der Waals surface area (Å²) in [4.78, 5) is 12.5. The Morgan fingerprint density at radius 2 is 2.39 bits per heavy atom. The molecule has 1 aliphatic rings. The maximum absolute atomic E-state index is 11.2. The van der Waals surface area contributed by atoms with Crippen LogP contribution >= 0.6 is 11.3 Å². The Morgan fingerprint density at radius 1 is 1.56 bits per heavy atom. The molecule has 0 unspecified atom stereocenters. The van der Waals surface area contributed by atoms with Crippen molar-refractivity contribution in [3.05, 3.63) is 16.0 Å². The lowest BCUT2D eigenvalue weighted by molar-refractivity contribution is -0.142. The number of aryl methyl sites for hydroxylation is 1. The van der Waals surface area contributed by atoms with E-state index in [1.54, 1.807) is 18.3 Å². The molecule has 0 saturated heterocycles. The lowest BCUT2D eigenvalue weighted by Crippen LogP contribution is -2.11. The zero-order valence-electron chi connectivity index (χ0n) is 10.4. The molecule has 0 saturated carbocycles. The molecule has 2 rings (SSSR count). The summed E-state index contributed by atoms with van der Waals surface area (Å²) in [5, 5.41) is 13.3. The first kappa shape index (κ1) is 12.9. The maximum Gasteiger partial charge on any atom is 0.307 e. The summed E-state index contributed by atoms with van der Waals surface area (Å²) in [6.45, 7) is 2.73. The summed E-state index contributed by atoms with van der Waals surface area (Å²) in [7, 11) is 0. The maximum atomic E-state index is 11.2. The molecule has 1 aromatic heterocycles. The number of hydrogen-bond donors (Lipinski definition) is 1. The summed E-state index contributed by atoms with van der Waals surface area (Å²) in [5.74, 6) is -0.201. The molecule has 1 N–H and O–H groups in total. The highest BCUT2D eigenvalue weighted by atomic mass is 32.1. The number of nitrogens with one attached hydrogen (secondary N) is 1. The van der Waals surface area contributed by atoms with E-state index < -0.39 is 0 Å². The molecule has 0 amide bonds. The summed E-state index contributed by atoms with van der Waals surface area (Å²) < 4.78 is 4.86. The summed E-state index contributed by atoms with van der Waals surface area (Å²) in [5.41, 5.74) is 1.98. The van der Waals surface area contributed by atoms with Crippen LogP contribution in [0.3, 0.4) is 0 Å². The second kappa shape index (κ2) is 5.87. The third-order valence-corrected chi connectivity index (χ3v) is 4.20. The van der Waals surface area contributed by atoms with E-state index >= 15 is 0 Å². The van der Waals surface area contributed by atoms with Crippen molar-refractivity contribution >= 4 is 22.3 Å². The fourth-order valence-corrected chi connectivity index (χ4v) is 3.42. The van der Waals surface area contributed by atoms with Crippen molar-refractivity contribution < 1.29 is 9.53 Å². The number of anilines is 1. The Morgan fingerprint density at radius 3 is 3.11 bits per heavy atom. The molecule has 1 aliphatic carbocycles. The molecule has 0 bridgehead atoms. The summed E-state index contributed by atoms with van der Waals surface area (Å²) in [6.07, 6.45) is 3.57. The number of thiophene rings is 1. The average Bonchev–Trinajstić information content (AvgIpc) is 2.89. The normalized spacial score (nSPS) is 12.9. The van der Waals surface area contributed by atoms with Crippen LogP contribution in [0, 0.1) is 11.3 Å². The van der Waals surface area contributed by atoms with Crippen LogP contribution in [0.15, 0.2) is 0 Å². The van der Waals surface area contributed by atoms with Crippen molar-refractivity contribution in [1.82, 2.24) is 0 Å². The molecule has 0 fully saturated rings. The predicted octanol–water partition coefficient (Wildman–Crippen LogP) is 2.47. The first-order chi connectivity index (χ1) is 8.76. The van der Waals surface area contributed by atoms with Gasteiger partial charge in [-0.1, -0.05) is 0 Å². The van der Waals surface area contributed by atoms with Gasteiger partial charge in [-0.2, -0.15) is 5.26 Å². The highest BCUT2D eigenvalue weighted by Crippen LogP contribution is 2.38. The van der Waals surface area contributed by atoms with Crippen LogP contribution in [0.5, 0.6) is 0 Å². The van der Waals surface area contributed by atoms with Crippen molar-refractivity contribution in [2.75, 3.05) is 18.5 Å². The van der Waals surface area contributed by atoms with Gasteiger partial charge in [-0.3, -0.25) is 4.79 Å². The van der Waals surface area contributed by atoms with Crippen LogP contribution in [-0.4, -0.2) is 19.1 Å². The van der Waals surface area contributed by atoms with Gasteiger partial charge in [-0.15, -0.1) is 11.3 Å². The predicted molar refractivity (Wildman–Crippen MR) is 70.8 cm³/mol. The monoisotopic (exact) mass is 264 g/mol. The van der Waals surface area contributed by atoms with Crippen molar-refractivity contribution in [1.29, 1.82) is 5.26 Å². The zero-order valence-corrected chi connectivity index (χ0v) is 11.2. The van der Waals surface area contributed by atoms with E-state index in [1.807, 2.05) is 0 Å². The average molecular weight is 264 g/mol. The molecule has 0 aromatic carbocycles. The van der Waals surface area contributed by atoms with Crippen LogP contribution in [0.2, 0.25) is 0 Å². The highest BCUT2D eigenvalue weighted by Gasteiger charge is 2.21. The zero-order chi connectivity index (χ0) is 13.0. The van der Waals surface area contributed by atoms with Gasteiger partial charge in [-0.25, -0.2) is 0 Å². The van der Waals surface area contributed by atoms with E-state index in [2.05, 4.69) is 11.4 Å². The van der Waals surface area contributed by atoms with Gasteiger partial charge in [0.15, 0.2) is 0 Å². The topological polar surface area (TPSA) is 62.1 Å². The minimum atomic E-state index is -0.201. The lowest BCUT2D eigenvalue weighted by Gasteiger charge is -2.04. The van der Waals surface area contributed by atoms with E-state index in [0.717, 1.165) is 29.8 Å². The Kier molecular flexibility index (Phi) is 4.21. The second-order valence-corrected chi connectivity index (χ2v) is 5.26. The van der Waals surface area contributed by atoms with Gasteiger partial charge in [-0.05, 0) is 31.7 Å². The largest absolute Gasteiger partial charge is 0.466 e. The first-order valence-corrected chi connectivity index (χ1v) is 7.02. The van der Waals surface area contributed by atoms with Crippen molar-refractivity contribution in [2.24, 2.45) is 0 Å². The van der Waals surface area contributed by atoms with E-state index in [9.17, 15) is 10.1 Å². The summed E-state index contributed by atoms with van der Waals surface area (Å²) >= 11 is 1.65. The quantitative estimate of drug-likeness (QED) is 0.830.